The number of likely N-dealkylation sites (N-methyl/N-ethyl adjacent to an activating group) is 1. The largest absolute Gasteiger partial charge is 0.369 e. The average Bonchev–Trinajstić information content (AvgIpc) is 3.02. The van der Waals surface area contributed by atoms with Crippen molar-refractivity contribution in [3.8, 4) is 0 Å². The zero-order chi connectivity index (χ0) is 16.7. The molecule has 1 aromatic rings. The number of rotatable bonds is 1. The van der Waals surface area contributed by atoms with Crippen molar-refractivity contribution in [2.45, 2.75) is 37.3 Å². The smallest absolute Gasteiger partial charge is 0.250 e. The Morgan fingerprint density at radius 2 is 1.88 bits per heavy atom. The minimum atomic E-state index is -0.591. The molecule has 1 atom stereocenters. The number of hydrogen-bond acceptors (Lipinski definition) is 4. The number of piperidine rings is 1. The highest BCUT2D eigenvalue weighted by atomic mass is 16.2. The van der Waals surface area contributed by atoms with E-state index in [1.807, 2.05) is 36.2 Å². The highest BCUT2D eigenvalue weighted by molar-refractivity contribution is 6.06. The Kier molecular flexibility index (Phi) is 3.72. The number of anilines is 2. The fraction of sp³-hybridized carbons (Fsp3) is 0.556. The molecule has 6 heteroatoms. The van der Waals surface area contributed by atoms with Crippen molar-refractivity contribution in [3.05, 3.63) is 24.3 Å². The van der Waals surface area contributed by atoms with E-state index in [-0.39, 0.29) is 17.9 Å². The van der Waals surface area contributed by atoms with Gasteiger partial charge in [0.05, 0.1) is 17.4 Å². The highest BCUT2D eigenvalue weighted by Gasteiger charge is 2.45. The van der Waals surface area contributed by atoms with E-state index in [0.717, 1.165) is 30.8 Å². The van der Waals surface area contributed by atoms with Gasteiger partial charge in [0, 0.05) is 13.1 Å². The molecule has 0 saturated carbocycles. The first-order valence-electron chi connectivity index (χ1n) is 8.77. The second-order valence-electron chi connectivity index (χ2n) is 7.17. The van der Waals surface area contributed by atoms with Crippen molar-refractivity contribution in [1.29, 1.82) is 0 Å². The fourth-order valence-electron chi connectivity index (χ4n) is 4.15. The number of hydrogen-bond donors (Lipinski definition) is 2. The SMILES string of the molecule is CN1CCC[C@H]1C(=O)N1CCC2(CC1)Nc1ccccc1NC2=O. The van der Waals surface area contributed by atoms with Crippen LogP contribution in [-0.4, -0.2) is 59.9 Å². The van der Waals surface area contributed by atoms with Crippen molar-refractivity contribution < 1.29 is 9.59 Å². The predicted octanol–water partition coefficient (Wildman–Crippen LogP) is 1.51. The lowest BCUT2D eigenvalue weighted by molar-refractivity contribution is -0.138. The van der Waals surface area contributed by atoms with Crippen LogP contribution in [0, 0.1) is 0 Å². The molecular weight excluding hydrogens is 304 g/mol. The van der Waals surface area contributed by atoms with Crippen molar-refractivity contribution in [1.82, 2.24) is 9.80 Å². The van der Waals surface area contributed by atoms with E-state index in [1.165, 1.54) is 0 Å². The molecule has 3 heterocycles. The monoisotopic (exact) mass is 328 g/mol. The molecule has 2 amide bonds. The van der Waals surface area contributed by atoms with Gasteiger partial charge < -0.3 is 15.5 Å². The molecule has 0 radical (unpaired) electrons. The van der Waals surface area contributed by atoms with E-state index in [1.54, 1.807) is 0 Å². The summed E-state index contributed by atoms with van der Waals surface area (Å²) in [6.45, 7) is 2.26. The Balaban J connectivity index is 1.46. The molecule has 2 N–H and O–H groups in total. The van der Waals surface area contributed by atoms with Gasteiger partial charge in [0.1, 0.15) is 5.54 Å². The van der Waals surface area contributed by atoms with Crippen LogP contribution < -0.4 is 10.6 Å². The van der Waals surface area contributed by atoms with Crippen LogP contribution in [0.4, 0.5) is 11.4 Å². The summed E-state index contributed by atoms with van der Waals surface area (Å²) in [6, 6.07) is 7.79. The van der Waals surface area contributed by atoms with Crippen LogP contribution in [0.1, 0.15) is 25.7 Å². The molecule has 4 rings (SSSR count). The second-order valence-corrected chi connectivity index (χ2v) is 7.17. The lowest BCUT2D eigenvalue weighted by atomic mass is 9.84. The van der Waals surface area contributed by atoms with Crippen LogP contribution in [0.2, 0.25) is 0 Å². The van der Waals surface area contributed by atoms with Crippen molar-refractivity contribution in [2.75, 3.05) is 37.3 Å². The standard InChI is InChI=1S/C18H24N4O2/c1-21-10-4-7-15(21)16(23)22-11-8-18(9-12-22)17(24)19-13-5-2-3-6-14(13)20-18/h2-3,5-6,15,20H,4,7-12H2,1H3,(H,19,24)/t15-/m0/s1. The fourth-order valence-corrected chi connectivity index (χ4v) is 4.15. The Labute approximate surface area is 142 Å². The van der Waals surface area contributed by atoms with E-state index in [0.29, 0.717) is 25.9 Å². The van der Waals surface area contributed by atoms with Gasteiger partial charge in [-0.15, -0.1) is 0 Å². The van der Waals surface area contributed by atoms with Crippen molar-refractivity contribution >= 4 is 23.2 Å². The summed E-state index contributed by atoms with van der Waals surface area (Å²) in [5.41, 5.74) is 1.21. The number of carbonyl (C=O) groups is 2. The zero-order valence-corrected chi connectivity index (χ0v) is 14.0. The number of carbonyl (C=O) groups excluding carboxylic acids is 2. The van der Waals surface area contributed by atoms with Crippen molar-refractivity contribution in [2.24, 2.45) is 0 Å². The predicted molar refractivity (Wildman–Crippen MR) is 92.9 cm³/mol. The molecule has 0 bridgehead atoms. The summed E-state index contributed by atoms with van der Waals surface area (Å²) in [7, 11) is 2.02. The molecular formula is C18H24N4O2. The van der Waals surface area contributed by atoms with Gasteiger partial charge in [-0.2, -0.15) is 0 Å². The summed E-state index contributed by atoms with van der Waals surface area (Å²) >= 11 is 0. The maximum absolute atomic E-state index is 12.7. The molecule has 6 nitrogen and oxygen atoms in total. The van der Waals surface area contributed by atoms with Crippen LogP contribution in [0.15, 0.2) is 24.3 Å². The van der Waals surface area contributed by atoms with Gasteiger partial charge in [-0.1, -0.05) is 12.1 Å². The number of benzene rings is 1. The van der Waals surface area contributed by atoms with Crippen LogP contribution in [0.5, 0.6) is 0 Å². The highest BCUT2D eigenvalue weighted by Crippen LogP contribution is 2.36. The number of nitrogens with zero attached hydrogens (tertiary/aromatic N) is 2. The molecule has 128 valence electrons. The van der Waals surface area contributed by atoms with E-state index in [4.69, 9.17) is 0 Å². The van der Waals surface area contributed by atoms with Crippen LogP contribution in [0.25, 0.3) is 0 Å². The Morgan fingerprint density at radius 1 is 1.17 bits per heavy atom. The van der Waals surface area contributed by atoms with Gasteiger partial charge in [-0.25, -0.2) is 0 Å². The molecule has 3 aliphatic heterocycles. The summed E-state index contributed by atoms with van der Waals surface area (Å²) in [5.74, 6) is 0.243. The summed E-state index contributed by atoms with van der Waals surface area (Å²) in [5, 5.41) is 6.45. The molecule has 1 aromatic carbocycles. The summed E-state index contributed by atoms with van der Waals surface area (Å²) in [6.07, 6.45) is 3.33. The normalized spacial score (nSPS) is 26.0. The maximum Gasteiger partial charge on any atom is 0.250 e. The first kappa shape index (κ1) is 15.4. The first-order valence-corrected chi connectivity index (χ1v) is 8.77. The first-order chi connectivity index (χ1) is 11.6. The third kappa shape index (κ3) is 2.45. The lowest BCUT2D eigenvalue weighted by Crippen LogP contribution is -2.60. The maximum atomic E-state index is 12.7. The van der Waals surface area contributed by atoms with Gasteiger partial charge in [0.2, 0.25) is 11.8 Å². The Hall–Kier alpha value is -2.08. The number of amides is 2. The Morgan fingerprint density at radius 3 is 2.54 bits per heavy atom. The van der Waals surface area contributed by atoms with E-state index < -0.39 is 5.54 Å². The molecule has 0 aromatic heterocycles. The third-order valence-corrected chi connectivity index (χ3v) is 5.72. The molecule has 24 heavy (non-hydrogen) atoms. The van der Waals surface area contributed by atoms with Crippen LogP contribution in [-0.2, 0) is 9.59 Å². The molecule has 0 unspecified atom stereocenters. The number of nitrogens with one attached hydrogen (secondary N) is 2. The topological polar surface area (TPSA) is 64.7 Å². The molecule has 3 aliphatic rings. The zero-order valence-electron chi connectivity index (χ0n) is 14.0. The van der Waals surface area contributed by atoms with E-state index in [2.05, 4.69) is 15.5 Å². The average molecular weight is 328 g/mol. The number of likely N-dealkylation sites (tertiary alicyclic amines) is 2. The molecule has 1 spiro atoms. The molecule has 2 saturated heterocycles. The number of fused-ring (bicyclic) bond motifs is 1. The van der Waals surface area contributed by atoms with Gasteiger partial charge in [-0.3, -0.25) is 14.5 Å². The number of para-hydroxylation sites is 2. The van der Waals surface area contributed by atoms with Gasteiger partial charge in [0.25, 0.3) is 0 Å². The van der Waals surface area contributed by atoms with E-state index in [9.17, 15) is 9.59 Å². The summed E-state index contributed by atoms with van der Waals surface area (Å²) < 4.78 is 0. The van der Waals surface area contributed by atoms with Gasteiger partial charge >= 0.3 is 0 Å². The van der Waals surface area contributed by atoms with Crippen molar-refractivity contribution in [3.63, 3.8) is 0 Å². The minimum absolute atomic E-state index is 0.0197. The lowest BCUT2D eigenvalue weighted by Gasteiger charge is -2.45. The second kappa shape index (κ2) is 5.77. The van der Waals surface area contributed by atoms with Gasteiger partial charge in [0.15, 0.2) is 0 Å². The minimum Gasteiger partial charge on any atom is -0.369 e. The molecule has 0 aliphatic carbocycles. The summed E-state index contributed by atoms with van der Waals surface area (Å²) in [4.78, 5) is 29.4. The van der Waals surface area contributed by atoms with Crippen LogP contribution >= 0.6 is 0 Å². The van der Waals surface area contributed by atoms with Gasteiger partial charge in [-0.05, 0) is 51.4 Å². The Bertz CT molecular complexity index is 667. The third-order valence-electron chi connectivity index (χ3n) is 5.72. The quantitative estimate of drug-likeness (QED) is 0.820. The molecule has 2 fully saturated rings. The van der Waals surface area contributed by atoms with Crippen LogP contribution in [0.3, 0.4) is 0 Å². The van der Waals surface area contributed by atoms with E-state index >= 15 is 0 Å².